The van der Waals surface area contributed by atoms with Crippen LogP contribution in [0.5, 0.6) is 0 Å². The first-order valence-electron chi connectivity index (χ1n) is 6.98. The van der Waals surface area contributed by atoms with Crippen LogP contribution in [0.15, 0.2) is 40.9 Å². The molecule has 0 saturated carbocycles. The maximum Gasteiger partial charge on any atom is 0.134 e. The first-order valence-corrected chi connectivity index (χ1v) is 6.98. The topological polar surface area (TPSA) is 43.0 Å². The second-order valence-electron chi connectivity index (χ2n) is 4.91. The molecular weight excluding hydrogens is 250 g/mol. The van der Waals surface area contributed by atoms with Crippen LogP contribution < -0.4 is 5.32 Å². The van der Waals surface area contributed by atoms with Gasteiger partial charge >= 0.3 is 0 Å². The van der Waals surface area contributed by atoms with Gasteiger partial charge in [0, 0.05) is 22.8 Å². The number of rotatable bonds is 5. The SMILES string of the molecule is CCNCc1oc2ccccc2c1Cn1nccc1C. The average Bonchev–Trinajstić information content (AvgIpc) is 3.02. The Morgan fingerprint density at radius 3 is 2.85 bits per heavy atom. The molecule has 0 radical (unpaired) electrons. The van der Waals surface area contributed by atoms with Crippen molar-refractivity contribution in [2.45, 2.75) is 26.9 Å². The summed E-state index contributed by atoms with van der Waals surface area (Å²) in [5, 5.41) is 8.89. The molecule has 3 aromatic rings. The van der Waals surface area contributed by atoms with Crippen molar-refractivity contribution in [1.29, 1.82) is 0 Å². The molecule has 0 bridgehead atoms. The molecule has 4 nitrogen and oxygen atoms in total. The van der Waals surface area contributed by atoms with Gasteiger partial charge in [-0.3, -0.25) is 4.68 Å². The molecule has 1 aromatic carbocycles. The summed E-state index contributed by atoms with van der Waals surface area (Å²) in [6.45, 7) is 6.59. The van der Waals surface area contributed by atoms with Gasteiger partial charge in [-0.15, -0.1) is 0 Å². The van der Waals surface area contributed by atoms with E-state index >= 15 is 0 Å². The van der Waals surface area contributed by atoms with Crippen molar-refractivity contribution < 1.29 is 4.42 Å². The molecular formula is C16H19N3O. The fourth-order valence-electron chi connectivity index (χ4n) is 2.42. The molecule has 0 unspecified atom stereocenters. The van der Waals surface area contributed by atoms with E-state index in [1.807, 2.05) is 35.1 Å². The third-order valence-electron chi connectivity index (χ3n) is 3.55. The van der Waals surface area contributed by atoms with Crippen LogP contribution in [0.3, 0.4) is 0 Å². The predicted molar refractivity (Wildman–Crippen MR) is 79.7 cm³/mol. The van der Waals surface area contributed by atoms with Gasteiger partial charge in [-0.05, 0) is 25.6 Å². The zero-order chi connectivity index (χ0) is 13.9. The number of hydrogen-bond acceptors (Lipinski definition) is 3. The second-order valence-corrected chi connectivity index (χ2v) is 4.91. The van der Waals surface area contributed by atoms with E-state index in [0.29, 0.717) is 0 Å². The Hall–Kier alpha value is -2.07. The van der Waals surface area contributed by atoms with Gasteiger partial charge < -0.3 is 9.73 Å². The number of para-hydroxylation sites is 1. The van der Waals surface area contributed by atoms with Crippen LogP contribution in [-0.4, -0.2) is 16.3 Å². The van der Waals surface area contributed by atoms with Crippen LogP contribution in [0.4, 0.5) is 0 Å². The molecule has 0 saturated heterocycles. The van der Waals surface area contributed by atoms with Gasteiger partial charge in [0.05, 0.1) is 13.1 Å². The summed E-state index contributed by atoms with van der Waals surface area (Å²) >= 11 is 0. The molecule has 2 aromatic heterocycles. The lowest BCUT2D eigenvalue weighted by Gasteiger charge is -2.06. The minimum absolute atomic E-state index is 0.747. The number of aryl methyl sites for hydroxylation is 1. The molecule has 0 fully saturated rings. The molecule has 104 valence electrons. The van der Waals surface area contributed by atoms with E-state index in [1.54, 1.807) is 0 Å². The quantitative estimate of drug-likeness (QED) is 0.774. The minimum Gasteiger partial charge on any atom is -0.459 e. The number of nitrogens with one attached hydrogen (secondary N) is 1. The Morgan fingerprint density at radius 2 is 2.10 bits per heavy atom. The van der Waals surface area contributed by atoms with E-state index in [2.05, 4.69) is 30.3 Å². The molecule has 3 rings (SSSR count). The molecule has 1 N–H and O–H groups in total. The van der Waals surface area contributed by atoms with Crippen molar-refractivity contribution in [2.24, 2.45) is 0 Å². The number of fused-ring (bicyclic) bond motifs is 1. The lowest BCUT2D eigenvalue weighted by Crippen LogP contribution is -2.13. The number of hydrogen-bond donors (Lipinski definition) is 1. The summed E-state index contributed by atoms with van der Waals surface area (Å²) in [6.07, 6.45) is 1.83. The van der Waals surface area contributed by atoms with Crippen molar-refractivity contribution in [2.75, 3.05) is 6.54 Å². The van der Waals surface area contributed by atoms with Crippen LogP contribution in [0, 0.1) is 6.92 Å². The molecule has 0 aliphatic carbocycles. The third-order valence-corrected chi connectivity index (χ3v) is 3.55. The largest absolute Gasteiger partial charge is 0.459 e. The lowest BCUT2D eigenvalue weighted by atomic mass is 10.1. The summed E-state index contributed by atoms with van der Waals surface area (Å²) in [5.74, 6) is 1.00. The van der Waals surface area contributed by atoms with Gasteiger partial charge in [0.2, 0.25) is 0 Å². The highest BCUT2D eigenvalue weighted by Gasteiger charge is 2.14. The van der Waals surface area contributed by atoms with E-state index in [-0.39, 0.29) is 0 Å². The van der Waals surface area contributed by atoms with Crippen molar-refractivity contribution >= 4 is 11.0 Å². The van der Waals surface area contributed by atoms with Gasteiger partial charge in [-0.1, -0.05) is 25.1 Å². The number of furan rings is 1. The van der Waals surface area contributed by atoms with Crippen molar-refractivity contribution in [3.63, 3.8) is 0 Å². The van der Waals surface area contributed by atoms with E-state index in [0.717, 1.165) is 36.7 Å². The van der Waals surface area contributed by atoms with Gasteiger partial charge in [-0.2, -0.15) is 5.10 Å². The number of nitrogens with zero attached hydrogens (tertiary/aromatic N) is 2. The van der Waals surface area contributed by atoms with Crippen LogP contribution in [0.25, 0.3) is 11.0 Å². The van der Waals surface area contributed by atoms with E-state index < -0.39 is 0 Å². The Kier molecular flexibility index (Phi) is 3.56. The second kappa shape index (κ2) is 5.51. The number of benzene rings is 1. The maximum absolute atomic E-state index is 5.99. The maximum atomic E-state index is 5.99. The van der Waals surface area contributed by atoms with Gasteiger partial charge in [-0.25, -0.2) is 0 Å². The summed E-state index contributed by atoms with van der Waals surface area (Å²) < 4.78 is 7.99. The first-order chi connectivity index (χ1) is 9.79. The van der Waals surface area contributed by atoms with Crippen molar-refractivity contribution in [3.8, 4) is 0 Å². The summed E-state index contributed by atoms with van der Waals surface area (Å²) in [4.78, 5) is 0. The van der Waals surface area contributed by atoms with Gasteiger partial charge in [0.25, 0.3) is 0 Å². The molecule has 4 heteroatoms. The zero-order valence-electron chi connectivity index (χ0n) is 11.9. The smallest absolute Gasteiger partial charge is 0.134 e. The fourth-order valence-corrected chi connectivity index (χ4v) is 2.42. The van der Waals surface area contributed by atoms with Crippen molar-refractivity contribution in [3.05, 3.63) is 53.5 Å². The standard InChI is InChI=1S/C16H19N3O/c1-3-17-10-16-14(11-19-12(2)8-9-18-19)13-6-4-5-7-15(13)20-16/h4-9,17H,3,10-11H2,1-2H3. The van der Waals surface area contributed by atoms with E-state index in [1.165, 1.54) is 10.9 Å². The minimum atomic E-state index is 0.747. The number of aromatic nitrogens is 2. The Labute approximate surface area is 118 Å². The highest BCUT2D eigenvalue weighted by molar-refractivity contribution is 5.82. The molecule has 20 heavy (non-hydrogen) atoms. The monoisotopic (exact) mass is 269 g/mol. The summed E-state index contributed by atoms with van der Waals surface area (Å²) in [6, 6.07) is 10.2. The Balaban J connectivity index is 2.04. The zero-order valence-corrected chi connectivity index (χ0v) is 11.9. The molecule has 0 amide bonds. The third kappa shape index (κ3) is 2.34. The van der Waals surface area contributed by atoms with E-state index in [9.17, 15) is 0 Å². The van der Waals surface area contributed by atoms with Gasteiger partial charge in [0.15, 0.2) is 0 Å². The lowest BCUT2D eigenvalue weighted by molar-refractivity contribution is 0.507. The molecule has 2 heterocycles. The average molecular weight is 269 g/mol. The van der Waals surface area contributed by atoms with Crippen molar-refractivity contribution in [1.82, 2.24) is 15.1 Å². The summed E-state index contributed by atoms with van der Waals surface area (Å²) in [7, 11) is 0. The van der Waals surface area contributed by atoms with Crippen LogP contribution in [0.2, 0.25) is 0 Å². The molecule has 0 spiro atoms. The highest BCUT2D eigenvalue weighted by atomic mass is 16.3. The van der Waals surface area contributed by atoms with Crippen LogP contribution in [0.1, 0.15) is 23.9 Å². The fraction of sp³-hybridized carbons (Fsp3) is 0.312. The highest BCUT2D eigenvalue weighted by Crippen LogP contribution is 2.26. The van der Waals surface area contributed by atoms with Crippen LogP contribution in [-0.2, 0) is 13.1 Å². The van der Waals surface area contributed by atoms with E-state index in [4.69, 9.17) is 4.42 Å². The summed E-state index contributed by atoms with van der Waals surface area (Å²) in [5.41, 5.74) is 3.32. The molecule has 0 aliphatic heterocycles. The van der Waals surface area contributed by atoms with Crippen LogP contribution >= 0.6 is 0 Å². The normalized spacial score (nSPS) is 11.3. The first kappa shape index (κ1) is 12.9. The Bertz CT molecular complexity index is 711. The molecule has 0 aliphatic rings. The van der Waals surface area contributed by atoms with Gasteiger partial charge in [0.1, 0.15) is 11.3 Å². The Morgan fingerprint density at radius 1 is 1.25 bits per heavy atom. The predicted octanol–water partition coefficient (Wildman–Crippen LogP) is 3.10. The molecule has 0 atom stereocenters.